The molecule has 1 N–H and O–H groups in total. The minimum atomic E-state index is -4.32. The first kappa shape index (κ1) is 18.7. The third-order valence-corrected chi connectivity index (χ3v) is 4.16. The van der Waals surface area contributed by atoms with E-state index in [4.69, 9.17) is 0 Å². The predicted molar refractivity (Wildman–Crippen MR) is 104 cm³/mol. The van der Waals surface area contributed by atoms with E-state index in [-0.39, 0.29) is 0 Å². The van der Waals surface area contributed by atoms with Gasteiger partial charge in [-0.25, -0.2) is 0 Å². The van der Waals surface area contributed by atoms with Crippen LogP contribution in [0.4, 0.5) is 13.2 Å². The molecular formula is C22H19F3N2. The van der Waals surface area contributed by atoms with Crippen LogP contribution in [0.2, 0.25) is 0 Å². The third-order valence-electron chi connectivity index (χ3n) is 4.16. The highest BCUT2D eigenvalue weighted by molar-refractivity contribution is 5.92. The van der Waals surface area contributed by atoms with Gasteiger partial charge < -0.3 is 5.32 Å². The zero-order valence-electron chi connectivity index (χ0n) is 14.8. The quantitative estimate of drug-likeness (QED) is 0.555. The van der Waals surface area contributed by atoms with Crippen molar-refractivity contribution in [1.29, 1.82) is 0 Å². The van der Waals surface area contributed by atoms with Gasteiger partial charge >= 0.3 is 6.18 Å². The third kappa shape index (κ3) is 4.56. The van der Waals surface area contributed by atoms with E-state index in [0.717, 1.165) is 34.2 Å². The average Bonchev–Trinajstić information content (AvgIpc) is 2.67. The van der Waals surface area contributed by atoms with Crippen LogP contribution in [0.1, 0.15) is 29.2 Å². The van der Waals surface area contributed by atoms with Crippen LogP contribution in [0.25, 0.3) is 23.1 Å². The fraction of sp³-hybridized carbons (Fsp3) is 0.136. The van der Waals surface area contributed by atoms with Crippen molar-refractivity contribution in [1.82, 2.24) is 10.3 Å². The van der Waals surface area contributed by atoms with E-state index in [9.17, 15) is 13.2 Å². The van der Waals surface area contributed by atoms with Crippen molar-refractivity contribution in [3.05, 3.63) is 89.3 Å². The number of fused-ring (bicyclic) bond motifs is 1. The van der Waals surface area contributed by atoms with E-state index in [1.807, 2.05) is 49.5 Å². The van der Waals surface area contributed by atoms with Gasteiger partial charge in [0, 0.05) is 23.7 Å². The summed E-state index contributed by atoms with van der Waals surface area (Å²) < 4.78 is 38.0. The number of alkyl halides is 3. The van der Waals surface area contributed by atoms with Gasteiger partial charge in [0.05, 0.1) is 11.1 Å². The van der Waals surface area contributed by atoms with Crippen molar-refractivity contribution in [3.63, 3.8) is 0 Å². The number of benzene rings is 2. The molecule has 0 spiro atoms. The molecule has 3 rings (SSSR count). The lowest BCUT2D eigenvalue weighted by Gasteiger charge is -2.09. The van der Waals surface area contributed by atoms with Gasteiger partial charge in [0.15, 0.2) is 0 Å². The number of halogens is 3. The van der Waals surface area contributed by atoms with Crippen LogP contribution in [-0.4, -0.2) is 4.98 Å². The molecule has 0 amide bonds. The molecule has 2 nitrogen and oxygen atoms in total. The molecule has 0 atom stereocenters. The second kappa shape index (κ2) is 8.08. The van der Waals surface area contributed by atoms with Crippen LogP contribution in [0.3, 0.4) is 0 Å². The van der Waals surface area contributed by atoms with E-state index in [1.54, 1.807) is 12.3 Å². The van der Waals surface area contributed by atoms with Gasteiger partial charge in [-0.05, 0) is 42.4 Å². The summed E-state index contributed by atoms with van der Waals surface area (Å²) >= 11 is 0. The molecule has 0 saturated heterocycles. The molecule has 0 unspecified atom stereocenters. The highest BCUT2D eigenvalue weighted by atomic mass is 19.4. The minimum Gasteiger partial charge on any atom is -0.387 e. The SMILES string of the molecule is C/C=C/NCc1ccc(C=Cc2ccc(C(F)(F)F)cc2)c2ncccc12. The maximum Gasteiger partial charge on any atom is 0.416 e. The van der Waals surface area contributed by atoms with Crippen molar-refractivity contribution in [2.75, 3.05) is 0 Å². The van der Waals surface area contributed by atoms with Gasteiger partial charge in [-0.2, -0.15) is 13.2 Å². The van der Waals surface area contributed by atoms with Crippen LogP contribution < -0.4 is 5.32 Å². The summed E-state index contributed by atoms with van der Waals surface area (Å²) in [6, 6.07) is 13.0. The normalized spacial score (nSPS) is 12.3. The van der Waals surface area contributed by atoms with E-state index in [2.05, 4.69) is 10.3 Å². The lowest BCUT2D eigenvalue weighted by atomic mass is 10.0. The monoisotopic (exact) mass is 368 g/mol. The Kier molecular flexibility index (Phi) is 5.60. The average molecular weight is 368 g/mol. The summed E-state index contributed by atoms with van der Waals surface area (Å²) in [6.07, 6.45) is 4.91. The molecule has 2 aromatic carbocycles. The van der Waals surface area contributed by atoms with E-state index in [0.29, 0.717) is 12.1 Å². The Morgan fingerprint density at radius 2 is 1.78 bits per heavy atom. The summed E-state index contributed by atoms with van der Waals surface area (Å²) in [5.41, 5.74) is 2.96. The van der Waals surface area contributed by atoms with Crippen LogP contribution in [0.15, 0.2) is 67.0 Å². The Hall–Kier alpha value is -3.08. The van der Waals surface area contributed by atoms with Crippen LogP contribution >= 0.6 is 0 Å². The van der Waals surface area contributed by atoms with Crippen molar-refractivity contribution in [2.45, 2.75) is 19.6 Å². The highest BCUT2D eigenvalue weighted by Gasteiger charge is 2.29. The van der Waals surface area contributed by atoms with Crippen molar-refractivity contribution >= 4 is 23.1 Å². The van der Waals surface area contributed by atoms with Gasteiger partial charge in [-0.3, -0.25) is 4.98 Å². The first-order valence-electron chi connectivity index (χ1n) is 8.55. The van der Waals surface area contributed by atoms with Crippen molar-refractivity contribution in [2.24, 2.45) is 0 Å². The molecule has 0 bridgehead atoms. The Morgan fingerprint density at radius 1 is 1.00 bits per heavy atom. The zero-order chi connectivity index (χ0) is 19.3. The van der Waals surface area contributed by atoms with E-state index < -0.39 is 11.7 Å². The number of pyridine rings is 1. The van der Waals surface area contributed by atoms with Gasteiger partial charge in [-0.15, -0.1) is 0 Å². The molecule has 1 heterocycles. The molecule has 1 aromatic heterocycles. The fourth-order valence-corrected chi connectivity index (χ4v) is 2.80. The van der Waals surface area contributed by atoms with E-state index >= 15 is 0 Å². The molecule has 138 valence electrons. The van der Waals surface area contributed by atoms with Crippen LogP contribution in [-0.2, 0) is 12.7 Å². The number of hydrogen-bond acceptors (Lipinski definition) is 2. The molecular weight excluding hydrogens is 349 g/mol. The van der Waals surface area contributed by atoms with Crippen molar-refractivity contribution in [3.8, 4) is 0 Å². The largest absolute Gasteiger partial charge is 0.416 e. The van der Waals surface area contributed by atoms with E-state index in [1.165, 1.54) is 12.1 Å². The molecule has 0 aliphatic rings. The summed E-state index contributed by atoms with van der Waals surface area (Å²) in [4.78, 5) is 4.48. The summed E-state index contributed by atoms with van der Waals surface area (Å²) in [7, 11) is 0. The molecule has 0 radical (unpaired) electrons. The smallest absolute Gasteiger partial charge is 0.387 e. The first-order valence-corrected chi connectivity index (χ1v) is 8.55. The Bertz CT molecular complexity index is 971. The number of nitrogens with zero attached hydrogens (tertiary/aromatic N) is 1. The number of nitrogens with one attached hydrogen (secondary N) is 1. The molecule has 5 heteroatoms. The van der Waals surface area contributed by atoms with Crippen molar-refractivity contribution < 1.29 is 13.2 Å². The number of allylic oxidation sites excluding steroid dienone is 1. The molecule has 3 aromatic rings. The Morgan fingerprint density at radius 3 is 2.48 bits per heavy atom. The first-order chi connectivity index (χ1) is 13.0. The standard InChI is InChI=1S/C22H19F3N2/c1-2-13-26-15-18-10-9-17(21-20(18)4-3-14-27-21)8-5-16-6-11-19(12-7-16)22(23,24)25/h2-14,26H,15H2,1H3/b8-5?,13-2+. The van der Waals surface area contributed by atoms with Gasteiger partial charge in [0.1, 0.15) is 0 Å². The number of hydrogen-bond donors (Lipinski definition) is 1. The summed E-state index contributed by atoms with van der Waals surface area (Å²) in [6.45, 7) is 2.64. The van der Waals surface area contributed by atoms with Crippen LogP contribution in [0.5, 0.6) is 0 Å². The Balaban J connectivity index is 1.89. The lowest BCUT2D eigenvalue weighted by Crippen LogP contribution is -2.05. The lowest BCUT2D eigenvalue weighted by molar-refractivity contribution is -0.137. The predicted octanol–water partition coefficient (Wildman–Crippen LogP) is 6.05. The van der Waals surface area contributed by atoms with Gasteiger partial charge in [0.25, 0.3) is 0 Å². The topological polar surface area (TPSA) is 24.9 Å². The maximum atomic E-state index is 12.7. The molecule has 27 heavy (non-hydrogen) atoms. The zero-order valence-corrected chi connectivity index (χ0v) is 14.8. The molecule has 0 fully saturated rings. The number of rotatable bonds is 5. The van der Waals surface area contributed by atoms with Crippen LogP contribution in [0, 0.1) is 0 Å². The molecule has 0 aliphatic heterocycles. The minimum absolute atomic E-state index is 0.648. The fourth-order valence-electron chi connectivity index (χ4n) is 2.80. The molecule has 0 aliphatic carbocycles. The maximum absolute atomic E-state index is 12.7. The number of aromatic nitrogens is 1. The highest BCUT2D eigenvalue weighted by Crippen LogP contribution is 2.29. The Labute approximate surface area is 156 Å². The summed E-state index contributed by atoms with van der Waals surface area (Å²) in [5, 5.41) is 4.27. The second-order valence-electron chi connectivity index (χ2n) is 6.05. The van der Waals surface area contributed by atoms with Gasteiger partial charge in [0.2, 0.25) is 0 Å². The second-order valence-corrected chi connectivity index (χ2v) is 6.05. The van der Waals surface area contributed by atoms with Gasteiger partial charge in [-0.1, -0.05) is 48.6 Å². The molecule has 0 saturated carbocycles. The summed E-state index contributed by atoms with van der Waals surface area (Å²) in [5.74, 6) is 0.